The molecule has 2 rings (SSSR count). The Morgan fingerprint density at radius 3 is 2.57 bits per heavy atom. The van der Waals surface area contributed by atoms with E-state index in [1.807, 2.05) is 19.1 Å². The first-order valence-electron chi connectivity index (χ1n) is 10.6. The monoisotopic (exact) mass is 405 g/mol. The normalized spacial score (nSPS) is 17.8. The van der Waals surface area contributed by atoms with Crippen molar-refractivity contribution in [2.24, 2.45) is 5.41 Å². The van der Waals surface area contributed by atoms with Gasteiger partial charge in [-0.15, -0.1) is 0 Å². The van der Waals surface area contributed by atoms with Crippen LogP contribution in [0.15, 0.2) is 76.9 Å². The van der Waals surface area contributed by atoms with Crippen molar-refractivity contribution in [1.82, 2.24) is 0 Å². The molecule has 0 atom stereocenters. The van der Waals surface area contributed by atoms with Crippen LogP contribution in [-0.4, -0.2) is 11.0 Å². The maximum absolute atomic E-state index is 12.2. The molecule has 3 heteroatoms. The number of phenolic OH excluding ortho intramolecular Hbond substituents is 1. The summed E-state index contributed by atoms with van der Waals surface area (Å²) in [7, 11) is 0. The third-order valence-electron chi connectivity index (χ3n) is 5.70. The quantitative estimate of drug-likeness (QED) is 0.389. The Balaban J connectivity index is 1.99. The standard InChI is InChI=1S/C27H35NO2/c1-19(15-16-23-21(3)12-9-17-27(23,5)6)10-7-11-20(2)18-26(30)28-24-13-8-14-25(29)22(24)4/h7-8,10-11,13-16,18,29H,9,12,17H2,1-6H3,(H,28,30)/b11-7+,16-15+,19-10+,20-18+. The molecule has 0 saturated heterocycles. The first-order chi connectivity index (χ1) is 14.1. The summed E-state index contributed by atoms with van der Waals surface area (Å²) in [6.07, 6.45) is 15.6. The van der Waals surface area contributed by atoms with Crippen LogP contribution in [0.2, 0.25) is 0 Å². The Labute approximate surface area is 181 Å². The second-order valence-corrected chi connectivity index (χ2v) is 8.86. The molecule has 0 heterocycles. The molecule has 1 aliphatic rings. The van der Waals surface area contributed by atoms with Crippen molar-refractivity contribution in [3.8, 4) is 5.75 Å². The zero-order valence-electron chi connectivity index (χ0n) is 19.2. The number of rotatable bonds is 6. The molecule has 3 nitrogen and oxygen atoms in total. The third-order valence-corrected chi connectivity index (χ3v) is 5.70. The van der Waals surface area contributed by atoms with E-state index in [0.29, 0.717) is 11.3 Å². The van der Waals surface area contributed by atoms with Gasteiger partial charge in [0.05, 0.1) is 0 Å². The number of benzene rings is 1. The number of carbonyl (C=O) groups excluding carboxylic acids is 1. The van der Waals surface area contributed by atoms with Crippen LogP contribution in [-0.2, 0) is 4.79 Å². The van der Waals surface area contributed by atoms with Crippen molar-refractivity contribution >= 4 is 11.6 Å². The lowest BCUT2D eigenvalue weighted by atomic mass is 9.72. The highest BCUT2D eigenvalue weighted by molar-refractivity contribution is 6.00. The Morgan fingerprint density at radius 2 is 1.87 bits per heavy atom. The molecule has 0 aliphatic heterocycles. The largest absolute Gasteiger partial charge is 0.508 e. The molecule has 1 amide bonds. The summed E-state index contributed by atoms with van der Waals surface area (Å²) in [5.74, 6) is -0.0435. The number of hydrogen-bond donors (Lipinski definition) is 2. The van der Waals surface area contributed by atoms with Crippen LogP contribution in [0.4, 0.5) is 5.69 Å². The molecule has 0 fully saturated rings. The number of carbonyl (C=O) groups is 1. The van der Waals surface area contributed by atoms with Crippen molar-refractivity contribution in [1.29, 1.82) is 0 Å². The summed E-state index contributed by atoms with van der Waals surface area (Å²) in [5.41, 5.74) is 6.49. The van der Waals surface area contributed by atoms with Gasteiger partial charge in [-0.25, -0.2) is 0 Å². The molecular weight excluding hydrogens is 370 g/mol. The Hall–Kier alpha value is -2.81. The number of allylic oxidation sites excluding steroid dienone is 9. The summed E-state index contributed by atoms with van der Waals surface area (Å²) < 4.78 is 0. The van der Waals surface area contributed by atoms with Crippen LogP contribution in [0.5, 0.6) is 5.75 Å². The lowest BCUT2D eigenvalue weighted by Crippen LogP contribution is -2.19. The van der Waals surface area contributed by atoms with Gasteiger partial charge in [0.15, 0.2) is 0 Å². The van der Waals surface area contributed by atoms with Gasteiger partial charge in [-0.1, -0.05) is 61.4 Å². The van der Waals surface area contributed by atoms with Gasteiger partial charge >= 0.3 is 0 Å². The lowest BCUT2D eigenvalue weighted by molar-refractivity contribution is -0.111. The first-order valence-corrected chi connectivity index (χ1v) is 10.6. The predicted octanol–water partition coefficient (Wildman–Crippen LogP) is 7.17. The number of nitrogens with one attached hydrogen (secondary N) is 1. The van der Waals surface area contributed by atoms with Gasteiger partial charge in [-0.05, 0) is 75.7 Å². The molecule has 160 valence electrons. The smallest absolute Gasteiger partial charge is 0.248 e. The highest BCUT2D eigenvalue weighted by Crippen LogP contribution is 2.40. The Kier molecular flexibility index (Phi) is 8.05. The molecule has 1 aromatic carbocycles. The molecule has 0 saturated carbocycles. The molecule has 0 radical (unpaired) electrons. The van der Waals surface area contributed by atoms with E-state index in [9.17, 15) is 9.90 Å². The minimum absolute atomic E-state index is 0.171. The fourth-order valence-corrected chi connectivity index (χ4v) is 3.81. The predicted molar refractivity (Wildman–Crippen MR) is 128 cm³/mol. The van der Waals surface area contributed by atoms with Crippen LogP contribution < -0.4 is 5.32 Å². The summed E-state index contributed by atoms with van der Waals surface area (Å²) >= 11 is 0. The number of amides is 1. The van der Waals surface area contributed by atoms with Crippen LogP contribution in [0.1, 0.15) is 59.4 Å². The third kappa shape index (κ3) is 6.62. The zero-order valence-corrected chi connectivity index (χ0v) is 19.2. The molecule has 1 aromatic rings. The SMILES string of the molecule is CC1=C(/C=C/C(C)=C/C=C/C(C)=C/C(=O)Nc2cccc(O)c2C)C(C)(C)CCC1. The van der Waals surface area contributed by atoms with E-state index >= 15 is 0 Å². The van der Waals surface area contributed by atoms with Crippen molar-refractivity contribution in [3.05, 3.63) is 82.5 Å². The molecule has 0 unspecified atom stereocenters. The zero-order chi connectivity index (χ0) is 22.3. The fraction of sp³-hybridized carbons (Fsp3) is 0.370. The van der Waals surface area contributed by atoms with E-state index in [2.05, 4.69) is 51.2 Å². The highest BCUT2D eigenvalue weighted by atomic mass is 16.3. The van der Waals surface area contributed by atoms with Crippen LogP contribution >= 0.6 is 0 Å². The van der Waals surface area contributed by atoms with Crippen LogP contribution in [0, 0.1) is 12.3 Å². The summed E-state index contributed by atoms with van der Waals surface area (Å²) in [6, 6.07) is 5.09. The highest BCUT2D eigenvalue weighted by Gasteiger charge is 2.26. The number of anilines is 1. The second kappa shape index (κ2) is 10.3. The molecule has 30 heavy (non-hydrogen) atoms. The van der Waals surface area contributed by atoms with Gasteiger partial charge < -0.3 is 10.4 Å². The molecule has 0 aromatic heterocycles. The topological polar surface area (TPSA) is 49.3 Å². The maximum Gasteiger partial charge on any atom is 0.248 e. The van der Waals surface area contributed by atoms with Crippen molar-refractivity contribution in [3.63, 3.8) is 0 Å². The molecule has 2 N–H and O–H groups in total. The Morgan fingerprint density at radius 1 is 1.13 bits per heavy atom. The van der Waals surface area contributed by atoms with E-state index < -0.39 is 0 Å². The van der Waals surface area contributed by atoms with Crippen molar-refractivity contribution in [2.75, 3.05) is 5.32 Å². The second-order valence-electron chi connectivity index (χ2n) is 8.86. The number of hydrogen-bond acceptors (Lipinski definition) is 2. The molecule has 0 spiro atoms. The van der Waals surface area contributed by atoms with Gasteiger partial charge in [0.2, 0.25) is 5.91 Å². The molecule has 1 aliphatic carbocycles. The van der Waals surface area contributed by atoms with E-state index in [-0.39, 0.29) is 17.1 Å². The molecular formula is C27H35NO2. The van der Waals surface area contributed by atoms with Gasteiger partial charge in [0, 0.05) is 17.3 Å². The minimum atomic E-state index is -0.214. The van der Waals surface area contributed by atoms with E-state index in [0.717, 1.165) is 5.57 Å². The van der Waals surface area contributed by atoms with Gasteiger partial charge in [-0.3, -0.25) is 4.79 Å². The van der Waals surface area contributed by atoms with Crippen molar-refractivity contribution < 1.29 is 9.90 Å². The summed E-state index contributed by atoms with van der Waals surface area (Å²) in [6.45, 7) is 12.6. The van der Waals surface area contributed by atoms with Gasteiger partial charge in [0.1, 0.15) is 5.75 Å². The summed E-state index contributed by atoms with van der Waals surface area (Å²) in [5, 5.41) is 12.5. The average molecular weight is 406 g/mol. The number of phenols is 1. The Bertz CT molecular complexity index is 940. The fourth-order valence-electron chi connectivity index (χ4n) is 3.81. The first kappa shape index (κ1) is 23.5. The molecule has 0 bridgehead atoms. The van der Waals surface area contributed by atoms with E-state index in [1.54, 1.807) is 31.2 Å². The van der Waals surface area contributed by atoms with Gasteiger partial charge in [-0.2, -0.15) is 0 Å². The maximum atomic E-state index is 12.2. The van der Waals surface area contributed by atoms with Crippen LogP contribution in [0.25, 0.3) is 0 Å². The van der Waals surface area contributed by atoms with Crippen LogP contribution in [0.3, 0.4) is 0 Å². The number of aromatic hydroxyl groups is 1. The van der Waals surface area contributed by atoms with E-state index in [4.69, 9.17) is 0 Å². The van der Waals surface area contributed by atoms with E-state index in [1.165, 1.54) is 36.0 Å². The summed E-state index contributed by atoms with van der Waals surface area (Å²) in [4.78, 5) is 12.2. The lowest BCUT2D eigenvalue weighted by Gasteiger charge is -2.32. The minimum Gasteiger partial charge on any atom is -0.508 e. The van der Waals surface area contributed by atoms with Crippen molar-refractivity contribution in [2.45, 2.75) is 60.8 Å². The average Bonchev–Trinajstić information content (AvgIpc) is 2.64. The van der Waals surface area contributed by atoms with Gasteiger partial charge in [0.25, 0.3) is 0 Å².